The largest absolute Gasteiger partial charge is 0.505 e. The van der Waals surface area contributed by atoms with Crippen LogP contribution in [0.3, 0.4) is 0 Å². The molecular weight excluding hydrogens is 354 g/mol. The second-order valence-electron chi connectivity index (χ2n) is 6.39. The molecule has 0 aliphatic carbocycles. The fourth-order valence-corrected chi connectivity index (χ4v) is 3.35. The van der Waals surface area contributed by atoms with Crippen LogP contribution in [0.5, 0.6) is 5.75 Å². The van der Waals surface area contributed by atoms with E-state index in [1.165, 1.54) is 0 Å². The summed E-state index contributed by atoms with van der Waals surface area (Å²) in [7, 11) is 0. The van der Waals surface area contributed by atoms with Crippen LogP contribution in [-0.4, -0.2) is 21.2 Å². The SMILES string of the molecule is Nc1cccc2c(C=Cc3nc4ccccc4c(C(=O)O)c3O)ccc(N)c12. The molecule has 0 spiro atoms. The lowest BCUT2D eigenvalue weighted by molar-refractivity contribution is 0.0696. The number of benzene rings is 3. The van der Waals surface area contributed by atoms with Gasteiger partial charge in [-0.25, -0.2) is 9.78 Å². The lowest BCUT2D eigenvalue weighted by atomic mass is 10.0. The van der Waals surface area contributed by atoms with Crippen molar-refractivity contribution in [1.29, 1.82) is 0 Å². The van der Waals surface area contributed by atoms with Gasteiger partial charge >= 0.3 is 5.97 Å². The van der Waals surface area contributed by atoms with Gasteiger partial charge < -0.3 is 21.7 Å². The van der Waals surface area contributed by atoms with E-state index < -0.39 is 5.97 Å². The molecule has 0 saturated carbocycles. The Balaban J connectivity index is 1.90. The Kier molecular flexibility index (Phi) is 4.08. The molecule has 6 N–H and O–H groups in total. The third kappa shape index (κ3) is 2.77. The fourth-order valence-electron chi connectivity index (χ4n) is 3.35. The summed E-state index contributed by atoms with van der Waals surface area (Å²) < 4.78 is 0. The summed E-state index contributed by atoms with van der Waals surface area (Å²) in [5.74, 6) is -1.59. The zero-order valence-corrected chi connectivity index (χ0v) is 14.8. The second-order valence-corrected chi connectivity index (χ2v) is 6.39. The summed E-state index contributed by atoms with van der Waals surface area (Å²) in [6.45, 7) is 0. The van der Waals surface area contributed by atoms with Crippen LogP contribution < -0.4 is 11.5 Å². The van der Waals surface area contributed by atoms with Crippen LogP contribution >= 0.6 is 0 Å². The van der Waals surface area contributed by atoms with Gasteiger partial charge in [-0.15, -0.1) is 0 Å². The van der Waals surface area contributed by atoms with Gasteiger partial charge in [0.05, 0.1) is 5.52 Å². The molecule has 6 nitrogen and oxygen atoms in total. The molecule has 6 heteroatoms. The summed E-state index contributed by atoms with van der Waals surface area (Å²) in [4.78, 5) is 16.1. The first-order valence-corrected chi connectivity index (χ1v) is 8.57. The van der Waals surface area contributed by atoms with Crippen LogP contribution in [0.15, 0.2) is 54.6 Å². The summed E-state index contributed by atoms with van der Waals surface area (Å²) in [5.41, 5.74) is 14.6. The van der Waals surface area contributed by atoms with Gasteiger partial charge in [-0.05, 0) is 35.2 Å². The smallest absolute Gasteiger partial charge is 0.340 e. The van der Waals surface area contributed by atoms with Gasteiger partial charge in [0.25, 0.3) is 0 Å². The number of fused-ring (bicyclic) bond motifs is 2. The van der Waals surface area contributed by atoms with Crippen molar-refractivity contribution in [2.75, 3.05) is 11.5 Å². The Hall–Kier alpha value is -4.06. The van der Waals surface area contributed by atoms with E-state index in [0.717, 1.165) is 16.3 Å². The number of hydrogen-bond acceptors (Lipinski definition) is 5. The van der Waals surface area contributed by atoms with E-state index in [0.29, 0.717) is 22.3 Å². The van der Waals surface area contributed by atoms with E-state index in [-0.39, 0.29) is 17.0 Å². The van der Waals surface area contributed by atoms with E-state index in [1.807, 2.05) is 18.2 Å². The molecule has 0 radical (unpaired) electrons. The quantitative estimate of drug-likeness (QED) is 0.402. The highest BCUT2D eigenvalue weighted by Gasteiger charge is 2.18. The summed E-state index contributed by atoms with van der Waals surface area (Å²) >= 11 is 0. The molecule has 28 heavy (non-hydrogen) atoms. The van der Waals surface area contributed by atoms with Gasteiger partial charge in [0.2, 0.25) is 0 Å². The van der Waals surface area contributed by atoms with Gasteiger partial charge in [-0.2, -0.15) is 0 Å². The van der Waals surface area contributed by atoms with E-state index in [1.54, 1.807) is 48.6 Å². The Labute approximate surface area is 160 Å². The minimum absolute atomic E-state index is 0.170. The average Bonchev–Trinajstić information content (AvgIpc) is 2.67. The molecule has 0 bridgehead atoms. The zero-order chi connectivity index (χ0) is 19.8. The predicted octanol–water partition coefficient (Wildman–Crippen LogP) is 4.13. The molecule has 1 heterocycles. The highest BCUT2D eigenvalue weighted by atomic mass is 16.4. The number of aromatic hydroxyl groups is 1. The molecule has 0 fully saturated rings. The Morgan fingerprint density at radius 2 is 1.61 bits per heavy atom. The number of hydrogen-bond donors (Lipinski definition) is 4. The van der Waals surface area contributed by atoms with Crippen LogP contribution in [-0.2, 0) is 0 Å². The number of aromatic carboxylic acids is 1. The first-order chi connectivity index (χ1) is 13.5. The number of carboxylic acid groups (broad SMARTS) is 1. The summed E-state index contributed by atoms with van der Waals surface area (Å²) in [6.07, 6.45) is 3.34. The number of rotatable bonds is 3. The van der Waals surface area contributed by atoms with Crippen molar-refractivity contribution >= 4 is 51.2 Å². The van der Waals surface area contributed by atoms with Gasteiger partial charge in [0, 0.05) is 22.1 Å². The fraction of sp³-hybridized carbons (Fsp3) is 0. The number of anilines is 2. The topological polar surface area (TPSA) is 122 Å². The average molecular weight is 371 g/mol. The maximum absolute atomic E-state index is 11.7. The van der Waals surface area contributed by atoms with Gasteiger partial charge in [-0.3, -0.25) is 0 Å². The number of pyridine rings is 1. The molecule has 4 rings (SSSR count). The minimum Gasteiger partial charge on any atom is -0.505 e. The lowest BCUT2D eigenvalue weighted by Crippen LogP contribution is -2.01. The van der Waals surface area contributed by atoms with Crippen LogP contribution in [0.2, 0.25) is 0 Å². The van der Waals surface area contributed by atoms with Crippen molar-refractivity contribution in [3.8, 4) is 5.75 Å². The summed E-state index contributed by atoms with van der Waals surface area (Å²) in [5, 5.41) is 22.0. The molecule has 138 valence electrons. The monoisotopic (exact) mass is 371 g/mol. The Morgan fingerprint density at radius 3 is 2.39 bits per heavy atom. The van der Waals surface area contributed by atoms with E-state index in [2.05, 4.69) is 4.98 Å². The zero-order valence-electron chi connectivity index (χ0n) is 14.8. The highest BCUT2D eigenvalue weighted by Crippen LogP contribution is 2.33. The standard InChI is InChI=1S/C22H17N3O3/c23-15-6-3-5-13-12(8-10-16(24)19(13)15)9-11-18-21(26)20(22(27)28)14-4-1-2-7-17(14)25-18/h1-11,26H,23-24H2,(H,27,28). The van der Waals surface area contributed by atoms with Crippen molar-refractivity contribution in [2.24, 2.45) is 0 Å². The van der Waals surface area contributed by atoms with Gasteiger partial charge in [-0.1, -0.05) is 42.5 Å². The Morgan fingerprint density at radius 1 is 0.893 bits per heavy atom. The van der Waals surface area contributed by atoms with Crippen molar-refractivity contribution in [3.63, 3.8) is 0 Å². The van der Waals surface area contributed by atoms with E-state index in [9.17, 15) is 15.0 Å². The Bertz CT molecular complexity index is 1270. The number of para-hydroxylation sites is 1. The molecular formula is C22H17N3O3. The number of nitrogens with two attached hydrogens (primary N) is 2. The number of nitrogen functional groups attached to an aromatic ring is 2. The number of nitrogens with zero attached hydrogens (tertiary/aromatic N) is 1. The van der Waals surface area contributed by atoms with Crippen molar-refractivity contribution in [1.82, 2.24) is 4.98 Å². The number of carbonyl (C=O) groups is 1. The van der Waals surface area contributed by atoms with Crippen LogP contribution in [0.1, 0.15) is 21.6 Å². The third-order valence-electron chi connectivity index (χ3n) is 4.67. The van der Waals surface area contributed by atoms with E-state index in [4.69, 9.17) is 11.5 Å². The number of carboxylic acids is 1. The molecule has 0 atom stereocenters. The minimum atomic E-state index is -1.21. The molecule has 0 aliphatic heterocycles. The molecule has 1 aromatic heterocycles. The second kappa shape index (κ2) is 6.59. The maximum Gasteiger partial charge on any atom is 0.340 e. The first-order valence-electron chi connectivity index (χ1n) is 8.57. The lowest BCUT2D eigenvalue weighted by Gasteiger charge is -2.09. The van der Waals surface area contributed by atoms with Crippen LogP contribution in [0.4, 0.5) is 11.4 Å². The summed E-state index contributed by atoms with van der Waals surface area (Å²) in [6, 6.07) is 15.9. The van der Waals surface area contributed by atoms with E-state index >= 15 is 0 Å². The molecule has 0 saturated heterocycles. The predicted molar refractivity (Wildman–Crippen MR) is 112 cm³/mol. The van der Waals surface area contributed by atoms with Crippen molar-refractivity contribution in [2.45, 2.75) is 0 Å². The first kappa shape index (κ1) is 17.4. The normalized spacial score (nSPS) is 11.4. The van der Waals surface area contributed by atoms with Gasteiger partial charge in [0.15, 0.2) is 5.75 Å². The maximum atomic E-state index is 11.7. The molecule has 0 amide bonds. The number of aromatic nitrogens is 1. The highest BCUT2D eigenvalue weighted by molar-refractivity contribution is 6.08. The van der Waals surface area contributed by atoms with Crippen LogP contribution in [0, 0.1) is 0 Å². The van der Waals surface area contributed by atoms with Gasteiger partial charge in [0.1, 0.15) is 11.3 Å². The van der Waals surface area contributed by atoms with Crippen LogP contribution in [0.25, 0.3) is 33.8 Å². The molecule has 3 aromatic carbocycles. The van der Waals surface area contributed by atoms with Crippen molar-refractivity contribution in [3.05, 3.63) is 71.4 Å². The molecule has 0 aliphatic rings. The third-order valence-corrected chi connectivity index (χ3v) is 4.67. The van der Waals surface area contributed by atoms with Crippen molar-refractivity contribution < 1.29 is 15.0 Å². The molecule has 0 unspecified atom stereocenters. The molecule has 4 aromatic rings.